The van der Waals surface area contributed by atoms with Gasteiger partial charge in [-0.15, -0.1) is 0 Å². The van der Waals surface area contributed by atoms with Crippen LogP contribution >= 0.6 is 0 Å². The van der Waals surface area contributed by atoms with Crippen LogP contribution < -0.4 is 4.74 Å². The third kappa shape index (κ3) is 2.84. The van der Waals surface area contributed by atoms with Crippen molar-refractivity contribution < 1.29 is 4.74 Å². The normalized spacial score (nSPS) is 23.1. The summed E-state index contributed by atoms with van der Waals surface area (Å²) in [6.45, 7) is 5.05. The van der Waals surface area contributed by atoms with Crippen LogP contribution in [0.5, 0.6) is 5.75 Å². The Morgan fingerprint density at radius 1 is 1.32 bits per heavy atom. The van der Waals surface area contributed by atoms with Crippen LogP contribution in [0.2, 0.25) is 0 Å². The Kier molecular flexibility index (Phi) is 3.88. The van der Waals surface area contributed by atoms with E-state index in [1.54, 1.807) is 0 Å². The molecule has 0 saturated carbocycles. The van der Waals surface area contributed by atoms with Crippen LogP contribution in [0.25, 0.3) is 0 Å². The molecule has 1 aromatic rings. The SMILES string of the molecule is CCOc1ccc2c(c1)CN(C1C=CCCC1)CC2. The Morgan fingerprint density at radius 3 is 3.05 bits per heavy atom. The summed E-state index contributed by atoms with van der Waals surface area (Å²) >= 11 is 0. The van der Waals surface area contributed by atoms with Crippen LogP contribution in [0.1, 0.15) is 37.3 Å². The van der Waals surface area contributed by atoms with E-state index in [9.17, 15) is 0 Å². The van der Waals surface area contributed by atoms with Gasteiger partial charge >= 0.3 is 0 Å². The highest BCUT2D eigenvalue weighted by molar-refractivity contribution is 5.37. The average Bonchev–Trinajstić information content (AvgIpc) is 2.48. The number of ether oxygens (including phenoxy) is 1. The minimum absolute atomic E-state index is 0.651. The molecule has 0 amide bonds. The Labute approximate surface area is 116 Å². The highest BCUT2D eigenvalue weighted by atomic mass is 16.5. The molecular formula is C17H23NO. The zero-order valence-corrected chi connectivity index (χ0v) is 11.8. The minimum atomic E-state index is 0.651. The van der Waals surface area contributed by atoms with E-state index in [0.717, 1.165) is 18.9 Å². The molecule has 0 N–H and O–H groups in total. The maximum absolute atomic E-state index is 5.62. The maximum atomic E-state index is 5.62. The first-order chi connectivity index (χ1) is 9.36. The first-order valence-electron chi connectivity index (χ1n) is 7.52. The van der Waals surface area contributed by atoms with E-state index >= 15 is 0 Å². The average molecular weight is 257 g/mol. The fourth-order valence-electron chi connectivity index (χ4n) is 3.19. The highest BCUT2D eigenvalue weighted by Gasteiger charge is 2.22. The van der Waals surface area contributed by atoms with Crippen molar-refractivity contribution >= 4 is 0 Å². The van der Waals surface area contributed by atoms with Gasteiger partial charge in [-0.1, -0.05) is 18.2 Å². The number of hydrogen-bond acceptors (Lipinski definition) is 2. The fourth-order valence-corrected chi connectivity index (χ4v) is 3.19. The van der Waals surface area contributed by atoms with Crippen molar-refractivity contribution in [3.8, 4) is 5.75 Å². The first-order valence-corrected chi connectivity index (χ1v) is 7.52. The van der Waals surface area contributed by atoms with Crippen LogP contribution in [0, 0.1) is 0 Å². The molecule has 0 saturated heterocycles. The van der Waals surface area contributed by atoms with Gasteiger partial charge in [0.25, 0.3) is 0 Å². The van der Waals surface area contributed by atoms with Gasteiger partial charge in [-0.2, -0.15) is 0 Å². The third-order valence-corrected chi connectivity index (χ3v) is 4.23. The Bertz CT molecular complexity index is 466. The van der Waals surface area contributed by atoms with Gasteiger partial charge in [-0.3, -0.25) is 4.90 Å². The molecule has 1 heterocycles. The first kappa shape index (κ1) is 12.7. The summed E-state index contributed by atoms with van der Waals surface area (Å²) in [5.74, 6) is 1.02. The third-order valence-electron chi connectivity index (χ3n) is 4.23. The smallest absolute Gasteiger partial charge is 0.119 e. The molecule has 0 bridgehead atoms. The molecule has 102 valence electrons. The zero-order chi connectivity index (χ0) is 13.1. The van der Waals surface area contributed by atoms with Crippen LogP contribution in [0.4, 0.5) is 0 Å². The second-order valence-electron chi connectivity index (χ2n) is 5.51. The Morgan fingerprint density at radius 2 is 2.26 bits per heavy atom. The molecule has 1 atom stereocenters. The van der Waals surface area contributed by atoms with Gasteiger partial charge in [0.05, 0.1) is 6.61 Å². The van der Waals surface area contributed by atoms with Crippen molar-refractivity contribution in [2.45, 2.75) is 45.2 Å². The second-order valence-corrected chi connectivity index (χ2v) is 5.51. The van der Waals surface area contributed by atoms with Gasteiger partial charge in [0, 0.05) is 19.1 Å². The molecule has 0 fully saturated rings. The molecule has 1 aliphatic carbocycles. The largest absolute Gasteiger partial charge is 0.494 e. The van der Waals surface area contributed by atoms with Crippen molar-refractivity contribution in [2.75, 3.05) is 13.2 Å². The van der Waals surface area contributed by atoms with Crippen LogP contribution in [0.15, 0.2) is 30.4 Å². The van der Waals surface area contributed by atoms with E-state index < -0.39 is 0 Å². The van der Waals surface area contributed by atoms with Gasteiger partial charge in [0.1, 0.15) is 5.75 Å². The molecule has 2 heteroatoms. The van der Waals surface area contributed by atoms with E-state index in [1.165, 1.54) is 43.4 Å². The lowest BCUT2D eigenvalue weighted by molar-refractivity contribution is 0.195. The molecule has 1 aliphatic heterocycles. The summed E-state index contributed by atoms with van der Waals surface area (Å²) in [7, 11) is 0. The van der Waals surface area contributed by atoms with Crippen LogP contribution in [-0.2, 0) is 13.0 Å². The monoisotopic (exact) mass is 257 g/mol. The van der Waals surface area contributed by atoms with E-state index in [2.05, 4.69) is 35.3 Å². The van der Waals surface area contributed by atoms with Gasteiger partial charge in [0.15, 0.2) is 0 Å². The second kappa shape index (κ2) is 5.79. The van der Waals surface area contributed by atoms with Crippen molar-refractivity contribution in [3.63, 3.8) is 0 Å². The number of hydrogen-bond donors (Lipinski definition) is 0. The van der Waals surface area contributed by atoms with Gasteiger partial charge in [-0.05, 0) is 55.9 Å². The number of nitrogens with zero attached hydrogens (tertiary/aromatic N) is 1. The predicted molar refractivity (Wildman–Crippen MR) is 78.5 cm³/mol. The van der Waals surface area contributed by atoms with E-state index in [4.69, 9.17) is 4.74 Å². The van der Waals surface area contributed by atoms with E-state index in [1.807, 2.05) is 6.92 Å². The summed E-state index contributed by atoms with van der Waals surface area (Å²) in [4.78, 5) is 2.62. The van der Waals surface area contributed by atoms with Crippen molar-refractivity contribution in [3.05, 3.63) is 41.5 Å². The molecule has 1 unspecified atom stereocenters. The standard InChI is InChI=1S/C17H23NO/c1-2-19-17-9-8-14-10-11-18(13-15(14)12-17)16-6-4-3-5-7-16/h4,6,8-9,12,16H,2-3,5,7,10-11,13H2,1H3. The summed E-state index contributed by atoms with van der Waals surface area (Å²) in [5, 5.41) is 0. The topological polar surface area (TPSA) is 12.5 Å². The molecule has 1 aromatic carbocycles. The molecule has 2 aliphatic rings. The van der Waals surface area contributed by atoms with Crippen molar-refractivity contribution in [1.29, 1.82) is 0 Å². The molecule has 3 rings (SSSR count). The summed E-state index contributed by atoms with van der Waals surface area (Å²) in [6, 6.07) is 7.24. The van der Waals surface area contributed by atoms with Gasteiger partial charge in [-0.25, -0.2) is 0 Å². The van der Waals surface area contributed by atoms with Gasteiger partial charge < -0.3 is 4.74 Å². The van der Waals surface area contributed by atoms with E-state index in [0.29, 0.717) is 6.04 Å². The fraction of sp³-hybridized carbons (Fsp3) is 0.529. The lowest BCUT2D eigenvalue weighted by Gasteiger charge is -2.35. The zero-order valence-electron chi connectivity index (χ0n) is 11.8. The minimum Gasteiger partial charge on any atom is -0.494 e. The lowest BCUT2D eigenvalue weighted by Crippen LogP contribution is -2.38. The molecule has 0 aromatic heterocycles. The van der Waals surface area contributed by atoms with E-state index in [-0.39, 0.29) is 0 Å². The van der Waals surface area contributed by atoms with Crippen LogP contribution in [0.3, 0.4) is 0 Å². The summed E-state index contributed by atoms with van der Waals surface area (Å²) < 4.78 is 5.62. The maximum Gasteiger partial charge on any atom is 0.119 e. The van der Waals surface area contributed by atoms with Crippen molar-refractivity contribution in [2.24, 2.45) is 0 Å². The molecule has 19 heavy (non-hydrogen) atoms. The molecule has 0 radical (unpaired) electrons. The van der Waals surface area contributed by atoms with Crippen LogP contribution in [-0.4, -0.2) is 24.1 Å². The van der Waals surface area contributed by atoms with Gasteiger partial charge in [0.2, 0.25) is 0 Å². The quantitative estimate of drug-likeness (QED) is 0.768. The number of benzene rings is 1. The highest BCUT2D eigenvalue weighted by Crippen LogP contribution is 2.27. The number of allylic oxidation sites excluding steroid dienone is 1. The lowest BCUT2D eigenvalue weighted by atomic mass is 9.95. The van der Waals surface area contributed by atoms with Crippen molar-refractivity contribution in [1.82, 2.24) is 4.90 Å². The number of fused-ring (bicyclic) bond motifs is 1. The molecule has 2 nitrogen and oxygen atoms in total. The Hall–Kier alpha value is -1.28. The number of rotatable bonds is 3. The molecular weight excluding hydrogens is 234 g/mol. The summed E-state index contributed by atoms with van der Waals surface area (Å²) in [5.41, 5.74) is 2.95. The predicted octanol–water partition coefficient (Wildman–Crippen LogP) is 3.55. The Balaban J connectivity index is 1.76. The molecule has 0 spiro atoms. The summed E-state index contributed by atoms with van der Waals surface area (Å²) in [6.07, 6.45) is 9.84.